The Kier molecular flexibility index (Phi) is 3.18. The minimum Gasteiger partial charge on any atom is -0.480 e. The van der Waals surface area contributed by atoms with Crippen LogP contribution in [0.3, 0.4) is 0 Å². The van der Waals surface area contributed by atoms with Crippen molar-refractivity contribution >= 4 is 12.1 Å². The predicted molar refractivity (Wildman–Crippen MR) is 50.1 cm³/mol. The van der Waals surface area contributed by atoms with Crippen molar-refractivity contribution in [2.24, 2.45) is 0 Å². The fraction of sp³-hybridized carbons (Fsp3) is 0.778. The maximum atomic E-state index is 11.5. The van der Waals surface area contributed by atoms with Crippen molar-refractivity contribution in [3.63, 3.8) is 0 Å². The number of aliphatic carboxylic acids is 1. The Morgan fingerprint density at radius 1 is 1.47 bits per heavy atom. The summed E-state index contributed by atoms with van der Waals surface area (Å²) >= 11 is 0. The van der Waals surface area contributed by atoms with Crippen LogP contribution < -0.4 is 0 Å². The van der Waals surface area contributed by atoms with Crippen LogP contribution >= 0.6 is 0 Å². The molecular formula is C9H15NO5. The Balaban J connectivity index is 2.63. The highest BCUT2D eigenvalue weighted by atomic mass is 16.7. The third-order valence-electron chi connectivity index (χ3n) is 1.76. The van der Waals surface area contributed by atoms with Gasteiger partial charge >= 0.3 is 12.1 Å². The van der Waals surface area contributed by atoms with E-state index < -0.39 is 23.7 Å². The molecule has 0 spiro atoms. The van der Waals surface area contributed by atoms with Gasteiger partial charge < -0.3 is 9.84 Å². The van der Waals surface area contributed by atoms with Gasteiger partial charge in [0, 0.05) is 6.42 Å². The zero-order chi connectivity index (χ0) is 11.6. The van der Waals surface area contributed by atoms with Crippen molar-refractivity contribution in [2.45, 2.75) is 38.8 Å². The number of carboxylic acid groups (broad SMARTS) is 1. The first-order chi connectivity index (χ1) is 6.81. The number of ether oxygens (including phenoxy) is 1. The normalized spacial score (nSPS) is 21.5. The molecule has 0 aliphatic carbocycles. The lowest BCUT2D eigenvalue weighted by molar-refractivity contribution is -0.160. The van der Waals surface area contributed by atoms with Crippen LogP contribution in [0, 0.1) is 0 Å². The minimum atomic E-state index is -1.08. The second-order valence-electron chi connectivity index (χ2n) is 4.28. The molecule has 0 aromatic carbocycles. The molecule has 1 aliphatic heterocycles. The smallest absolute Gasteiger partial charge is 0.435 e. The molecule has 15 heavy (non-hydrogen) atoms. The molecule has 1 heterocycles. The van der Waals surface area contributed by atoms with Crippen LogP contribution in [0.4, 0.5) is 4.79 Å². The molecule has 86 valence electrons. The van der Waals surface area contributed by atoms with Gasteiger partial charge in [-0.05, 0) is 20.8 Å². The Labute approximate surface area is 87.7 Å². The SMILES string of the molecule is CC(C)(C)OC(=O)N1OCC[C@H]1C(=O)O. The van der Waals surface area contributed by atoms with E-state index in [-0.39, 0.29) is 13.0 Å². The zero-order valence-electron chi connectivity index (χ0n) is 9.02. The average molecular weight is 217 g/mol. The Bertz CT molecular complexity index is 270. The highest BCUT2D eigenvalue weighted by Crippen LogP contribution is 2.18. The van der Waals surface area contributed by atoms with Crippen LogP contribution in [0.15, 0.2) is 0 Å². The van der Waals surface area contributed by atoms with Crippen molar-refractivity contribution in [3.05, 3.63) is 0 Å². The lowest BCUT2D eigenvalue weighted by Gasteiger charge is -2.25. The van der Waals surface area contributed by atoms with Crippen molar-refractivity contribution in [1.29, 1.82) is 0 Å². The molecule has 1 N–H and O–H groups in total. The van der Waals surface area contributed by atoms with Gasteiger partial charge in [-0.3, -0.25) is 4.84 Å². The van der Waals surface area contributed by atoms with Gasteiger partial charge in [0.05, 0.1) is 6.61 Å². The third-order valence-corrected chi connectivity index (χ3v) is 1.76. The zero-order valence-corrected chi connectivity index (χ0v) is 9.02. The van der Waals surface area contributed by atoms with E-state index in [1.165, 1.54) is 0 Å². The molecule has 1 aliphatic rings. The van der Waals surface area contributed by atoms with Gasteiger partial charge in [0.25, 0.3) is 0 Å². The largest absolute Gasteiger partial charge is 0.480 e. The van der Waals surface area contributed by atoms with Crippen molar-refractivity contribution < 1.29 is 24.3 Å². The molecule has 6 nitrogen and oxygen atoms in total. The number of carbonyl (C=O) groups is 2. The summed E-state index contributed by atoms with van der Waals surface area (Å²) in [5.41, 5.74) is -0.661. The fourth-order valence-electron chi connectivity index (χ4n) is 1.18. The van der Waals surface area contributed by atoms with E-state index in [4.69, 9.17) is 14.7 Å². The van der Waals surface area contributed by atoms with Crippen molar-refractivity contribution in [3.8, 4) is 0 Å². The average Bonchev–Trinajstić information content (AvgIpc) is 2.47. The number of hydroxylamine groups is 2. The summed E-state index contributed by atoms with van der Waals surface area (Å²) in [6.07, 6.45) is -0.471. The Morgan fingerprint density at radius 3 is 2.53 bits per heavy atom. The van der Waals surface area contributed by atoms with E-state index in [2.05, 4.69) is 0 Å². The molecule has 6 heteroatoms. The monoisotopic (exact) mass is 217 g/mol. The number of nitrogens with zero attached hydrogens (tertiary/aromatic N) is 1. The summed E-state index contributed by atoms with van der Waals surface area (Å²) in [6.45, 7) is 5.33. The summed E-state index contributed by atoms with van der Waals surface area (Å²) in [7, 11) is 0. The number of rotatable bonds is 1. The van der Waals surface area contributed by atoms with Crippen LogP contribution in [0.2, 0.25) is 0 Å². The summed E-state index contributed by atoms with van der Waals surface area (Å²) in [6, 6.07) is -0.945. The number of hydrogen-bond acceptors (Lipinski definition) is 4. The second kappa shape index (κ2) is 4.06. The quantitative estimate of drug-likeness (QED) is 0.709. The third kappa shape index (κ3) is 3.09. The fourth-order valence-corrected chi connectivity index (χ4v) is 1.18. The first-order valence-electron chi connectivity index (χ1n) is 4.69. The predicted octanol–water partition coefficient (Wildman–Crippen LogP) is 1.01. The topological polar surface area (TPSA) is 76.1 Å². The molecule has 1 atom stereocenters. The molecule has 0 aromatic heterocycles. The van der Waals surface area contributed by atoms with Gasteiger partial charge in [0.2, 0.25) is 0 Å². The number of hydrogen-bond donors (Lipinski definition) is 1. The summed E-state index contributed by atoms with van der Waals surface area (Å²) in [5, 5.41) is 9.59. The molecule has 1 rings (SSSR count). The second-order valence-corrected chi connectivity index (χ2v) is 4.28. The van der Waals surface area contributed by atoms with E-state index in [0.717, 1.165) is 5.06 Å². The molecule has 0 aromatic rings. The first-order valence-corrected chi connectivity index (χ1v) is 4.69. The van der Waals surface area contributed by atoms with E-state index in [0.29, 0.717) is 0 Å². The lowest BCUT2D eigenvalue weighted by Crippen LogP contribution is -2.42. The number of amides is 1. The highest BCUT2D eigenvalue weighted by Gasteiger charge is 2.38. The molecular weight excluding hydrogens is 202 g/mol. The molecule has 1 saturated heterocycles. The standard InChI is InChI=1S/C9H15NO5/c1-9(2,3)15-8(13)10-6(7(11)12)4-5-14-10/h6H,4-5H2,1-3H3,(H,11,12)/t6-/m0/s1. The molecule has 0 radical (unpaired) electrons. The van der Waals surface area contributed by atoms with E-state index >= 15 is 0 Å². The maximum Gasteiger partial charge on any atom is 0.435 e. The van der Waals surface area contributed by atoms with Crippen LogP contribution in [-0.4, -0.2) is 40.5 Å². The van der Waals surface area contributed by atoms with E-state index in [1.807, 2.05) is 0 Å². The van der Waals surface area contributed by atoms with Gasteiger partial charge in [0.15, 0.2) is 6.04 Å². The molecule has 1 fully saturated rings. The highest BCUT2D eigenvalue weighted by molar-refractivity contribution is 5.79. The van der Waals surface area contributed by atoms with Crippen LogP contribution in [-0.2, 0) is 14.4 Å². The van der Waals surface area contributed by atoms with E-state index in [1.54, 1.807) is 20.8 Å². The molecule has 0 unspecified atom stereocenters. The van der Waals surface area contributed by atoms with Gasteiger partial charge in [0.1, 0.15) is 5.60 Å². The molecule has 0 saturated carbocycles. The Morgan fingerprint density at radius 2 is 2.07 bits per heavy atom. The van der Waals surface area contributed by atoms with Gasteiger partial charge in [-0.1, -0.05) is 0 Å². The van der Waals surface area contributed by atoms with Gasteiger partial charge in [-0.15, -0.1) is 0 Å². The Hall–Kier alpha value is -1.30. The molecule has 1 amide bonds. The van der Waals surface area contributed by atoms with Crippen molar-refractivity contribution in [2.75, 3.05) is 6.61 Å². The summed E-state index contributed by atoms with van der Waals surface area (Å²) < 4.78 is 5.00. The van der Waals surface area contributed by atoms with E-state index in [9.17, 15) is 9.59 Å². The molecule has 0 bridgehead atoms. The first kappa shape index (κ1) is 11.8. The lowest BCUT2D eigenvalue weighted by atomic mass is 10.2. The summed E-state index contributed by atoms with van der Waals surface area (Å²) in [4.78, 5) is 27.2. The van der Waals surface area contributed by atoms with Gasteiger partial charge in [-0.25, -0.2) is 9.59 Å². The van der Waals surface area contributed by atoms with Crippen LogP contribution in [0.1, 0.15) is 27.2 Å². The summed E-state index contributed by atoms with van der Waals surface area (Å²) in [5.74, 6) is -1.08. The minimum absolute atomic E-state index is 0.218. The maximum absolute atomic E-state index is 11.5. The van der Waals surface area contributed by atoms with Crippen LogP contribution in [0.5, 0.6) is 0 Å². The number of carbonyl (C=O) groups excluding carboxylic acids is 1. The number of carboxylic acids is 1. The van der Waals surface area contributed by atoms with Crippen molar-refractivity contribution in [1.82, 2.24) is 5.06 Å². The van der Waals surface area contributed by atoms with Crippen LogP contribution in [0.25, 0.3) is 0 Å². The van der Waals surface area contributed by atoms with Gasteiger partial charge in [-0.2, -0.15) is 5.06 Å².